The highest BCUT2D eigenvalue weighted by Gasteiger charge is 2.34. The van der Waals surface area contributed by atoms with Gasteiger partial charge in [-0.05, 0) is 25.0 Å². The van der Waals surface area contributed by atoms with Crippen molar-refractivity contribution in [1.29, 1.82) is 0 Å². The molecule has 21 heavy (non-hydrogen) atoms. The second kappa shape index (κ2) is 5.99. The number of aliphatic carboxylic acids is 1. The fraction of sp³-hybridized carbons (Fsp3) is 0.286. The Morgan fingerprint density at radius 2 is 1.67 bits per heavy atom. The first-order chi connectivity index (χ1) is 9.91. The number of amides is 1. The van der Waals surface area contributed by atoms with Crippen LogP contribution < -0.4 is 5.32 Å². The molecule has 1 amide bonds. The van der Waals surface area contributed by atoms with Crippen molar-refractivity contribution in [2.75, 3.05) is 5.32 Å². The molecule has 0 unspecified atom stereocenters. The summed E-state index contributed by atoms with van der Waals surface area (Å²) < 4.78 is 39.4. The Morgan fingerprint density at radius 3 is 2.29 bits per heavy atom. The molecule has 0 bridgehead atoms. The van der Waals surface area contributed by atoms with E-state index in [4.69, 9.17) is 5.11 Å². The second-order valence-corrected chi connectivity index (χ2v) is 4.71. The van der Waals surface area contributed by atoms with E-state index in [0.29, 0.717) is 6.07 Å². The smallest absolute Gasteiger partial charge is 0.307 e. The monoisotopic (exact) mass is 299 g/mol. The molecule has 4 nitrogen and oxygen atoms in total. The number of hydrogen-bond acceptors (Lipinski definition) is 2. The molecule has 2 atom stereocenters. The van der Waals surface area contributed by atoms with Gasteiger partial charge in [0.25, 0.3) is 0 Å². The zero-order valence-electron chi connectivity index (χ0n) is 10.8. The molecule has 1 aliphatic rings. The minimum absolute atomic E-state index is 0.188. The van der Waals surface area contributed by atoms with E-state index in [0.717, 1.165) is 6.07 Å². The summed E-state index contributed by atoms with van der Waals surface area (Å²) in [6.07, 6.45) is 3.69. The number of halogens is 3. The number of carboxylic acid groups (broad SMARTS) is 1. The zero-order chi connectivity index (χ0) is 15.6. The van der Waals surface area contributed by atoms with Crippen LogP contribution in [-0.4, -0.2) is 17.0 Å². The molecule has 1 aromatic carbocycles. The molecule has 1 aliphatic carbocycles. The summed E-state index contributed by atoms with van der Waals surface area (Å²) in [5.74, 6) is -8.26. The summed E-state index contributed by atoms with van der Waals surface area (Å²) in [5.41, 5.74) is -0.516. The average Bonchev–Trinajstić information content (AvgIpc) is 2.47. The number of benzene rings is 1. The third-order valence-electron chi connectivity index (χ3n) is 3.38. The van der Waals surface area contributed by atoms with Crippen LogP contribution in [-0.2, 0) is 9.59 Å². The third-order valence-corrected chi connectivity index (χ3v) is 3.38. The number of hydrogen-bond donors (Lipinski definition) is 2. The first kappa shape index (κ1) is 15.1. The second-order valence-electron chi connectivity index (χ2n) is 4.71. The molecule has 2 N–H and O–H groups in total. The number of anilines is 1. The van der Waals surface area contributed by atoms with Crippen molar-refractivity contribution in [2.45, 2.75) is 12.8 Å². The topological polar surface area (TPSA) is 66.4 Å². The number of carbonyl (C=O) groups excluding carboxylic acids is 1. The van der Waals surface area contributed by atoms with Crippen LogP contribution in [0.5, 0.6) is 0 Å². The van der Waals surface area contributed by atoms with E-state index < -0.39 is 46.9 Å². The van der Waals surface area contributed by atoms with Crippen molar-refractivity contribution >= 4 is 17.6 Å². The van der Waals surface area contributed by atoms with E-state index in [1.807, 2.05) is 0 Å². The van der Waals surface area contributed by atoms with Crippen molar-refractivity contribution in [3.05, 3.63) is 41.7 Å². The fourth-order valence-electron chi connectivity index (χ4n) is 2.22. The predicted molar refractivity (Wildman–Crippen MR) is 67.9 cm³/mol. The highest BCUT2D eigenvalue weighted by Crippen LogP contribution is 2.28. The fourth-order valence-corrected chi connectivity index (χ4v) is 2.22. The van der Waals surface area contributed by atoms with Crippen molar-refractivity contribution < 1.29 is 27.9 Å². The first-order valence-corrected chi connectivity index (χ1v) is 6.24. The normalized spacial score (nSPS) is 21.1. The van der Waals surface area contributed by atoms with E-state index in [1.165, 1.54) is 0 Å². The van der Waals surface area contributed by atoms with Crippen molar-refractivity contribution in [3.63, 3.8) is 0 Å². The van der Waals surface area contributed by atoms with Gasteiger partial charge in [0, 0.05) is 0 Å². The lowest BCUT2D eigenvalue weighted by Crippen LogP contribution is -2.35. The predicted octanol–water partition coefficient (Wildman–Crippen LogP) is 2.71. The SMILES string of the molecule is O=C(O)[C@@H]1CC=CC[C@H]1C(=O)Nc1ccc(F)c(F)c1F. The zero-order valence-corrected chi connectivity index (χ0v) is 10.8. The molecule has 0 saturated carbocycles. The van der Waals surface area contributed by atoms with Crippen molar-refractivity contribution in [3.8, 4) is 0 Å². The van der Waals surface area contributed by atoms with Gasteiger partial charge in [-0.1, -0.05) is 12.2 Å². The summed E-state index contributed by atoms with van der Waals surface area (Å²) in [6.45, 7) is 0. The minimum atomic E-state index is -1.69. The highest BCUT2D eigenvalue weighted by molar-refractivity contribution is 5.95. The summed E-state index contributed by atoms with van der Waals surface area (Å²) in [5, 5.41) is 11.2. The largest absolute Gasteiger partial charge is 0.481 e. The molecule has 0 aliphatic heterocycles. The quantitative estimate of drug-likeness (QED) is 0.666. The van der Waals surface area contributed by atoms with Crippen molar-refractivity contribution in [1.82, 2.24) is 0 Å². The standard InChI is InChI=1S/C14H12F3NO3/c15-9-5-6-10(12(17)11(9)16)18-13(19)7-3-1-2-4-8(7)14(20)21/h1-2,5-8H,3-4H2,(H,18,19)(H,20,21)/t7-,8-/m1/s1. The Labute approximate surface area is 118 Å². The van der Waals surface area contributed by atoms with Gasteiger partial charge in [0.15, 0.2) is 17.5 Å². The van der Waals surface area contributed by atoms with E-state index in [1.54, 1.807) is 12.2 Å². The molecule has 0 spiro atoms. The Morgan fingerprint density at radius 1 is 1.05 bits per heavy atom. The van der Waals surface area contributed by atoms with Gasteiger partial charge in [0.05, 0.1) is 17.5 Å². The van der Waals surface area contributed by atoms with E-state index >= 15 is 0 Å². The average molecular weight is 299 g/mol. The maximum absolute atomic E-state index is 13.5. The minimum Gasteiger partial charge on any atom is -0.481 e. The van der Waals surface area contributed by atoms with Crippen LogP contribution in [0.15, 0.2) is 24.3 Å². The maximum atomic E-state index is 13.5. The highest BCUT2D eigenvalue weighted by atomic mass is 19.2. The lowest BCUT2D eigenvalue weighted by molar-refractivity contribution is -0.146. The van der Waals surface area contributed by atoms with Crippen LogP contribution >= 0.6 is 0 Å². The van der Waals surface area contributed by atoms with Crippen LogP contribution in [0.4, 0.5) is 18.9 Å². The van der Waals surface area contributed by atoms with Crippen molar-refractivity contribution in [2.24, 2.45) is 11.8 Å². The summed E-state index contributed by atoms with van der Waals surface area (Å²) in [4.78, 5) is 23.1. The molecular formula is C14H12F3NO3. The molecule has 0 saturated heterocycles. The Balaban J connectivity index is 2.20. The van der Waals surface area contributed by atoms with Gasteiger partial charge in [-0.3, -0.25) is 9.59 Å². The van der Waals surface area contributed by atoms with Gasteiger partial charge in [-0.25, -0.2) is 13.2 Å². The van der Waals surface area contributed by atoms with Crippen LogP contribution in [0.3, 0.4) is 0 Å². The molecule has 1 aromatic rings. The first-order valence-electron chi connectivity index (χ1n) is 6.24. The Kier molecular flexibility index (Phi) is 4.30. The van der Waals surface area contributed by atoms with Gasteiger partial charge in [-0.2, -0.15) is 0 Å². The number of nitrogens with one attached hydrogen (secondary N) is 1. The Hall–Kier alpha value is -2.31. The lowest BCUT2D eigenvalue weighted by atomic mass is 9.82. The lowest BCUT2D eigenvalue weighted by Gasteiger charge is -2.24. The van der Waals surface area contributed by atoms with Crippen LogP contribution in [0.1, 0.15) is 12.8 Å². The van der Waals surface area contributed by atoms with E-state index in [-0.39, 0.29) is 12.8 Å². The van der Waals surface area contributed by atoms with Gasteiger partial charge in [-0.15, -0.1) is 0 Å². The van der Waals surface area contributed by atoms with Gasteiger partial charge < -0.3 is 10.4 Å². The molecule has 2 rings (SSSR count). The van der Waals surface area contributed by atoms with Crippen LogP contribution in [0.25, 0.3) is 0 Å². The molecule has 112 valence electrons. The van der Waals surface area contributed by atoms with Gasteiger partial charge in [0.2, 0.25) is 5.91 Å². The molecule has 0 fully saturated rings. The molecule has 7 heteroatoms. The van der Waals surface area contributed by atoms with E-state index in [2.05, 4.69) is 5.32 Å². The number of rotatable bonds is 3. The number of carbonyl (C=O) groups is 2. The molecule has 0 aromatic heterocycles. The third kappa shape index (κ3) is 3.07. The van der Waals surface area contributed by atoms with Gasteiger partial charge in [0.1, 0.15) is 0 Å². The summed E-state index contributed by atoms with van der Waals surface area (Å²) in [6, 6.07) is 1.57. The molecule has 0 radical (unpaired) electrons. The van der Waals surface area contributed by atoms with E-state index in [9.17, 15) is 22.8 Å². The summed E-state index contributed by atoms with van der Waals surface area (Å²) >= 11 is 0. The maximum Gasteiger partial charge on any atom is 0.307 e. The van der Waals surface area contributed by atoms with Crippen LogP contribution in [0.2, 0.25) is 0 Å². The van der Waals surface area contributed by atoms with Gasteiger partial charge >= 0.3 is 5.97 Å². The van der Waals surface area contributed by atoms with Crippen LogP contribution in [0, 0.1) is 29.3 Å². The number of allylic oxidation sites excluding steroid dienone is 2. The molecular weight excluding hydrogens is 287 g/mol. The Bertz CT molecular complexity index is 616. The molecule has 0 heterocycles. The summed E-state index contributed by atoms with van der Waals surface area (Å²) in [7, 11) is 0. The number of carboxylic acids is 1.